The summed E-state index contributed by atoms with van der Waals surface area (Å²) in [6.45, 7) is 3.44. The second kappa shape index (κ2) is 8.43. The van der Waals surface area contributed by atoms with Crippen LogP contribution in [-0.4, -0.2) is 28.9 Å². The van der Waals surface area contributed by atoms with Crippen molar-refractivity contribution in [2.24, 2.45) is 0 Å². The molecule has 7 heteroatoms. The first-order valence-corrected chi connectivity index (χ1v) is 11.1. The molecule has 1 aromatic heterocycles. The van der Waals surface area contributed by atoms with Crippen LogP contribution in [0.3, 0.4) is 0 Å². The molecule has 0 spiro atoms. The number of ether oxygens (including phenoxy) is 1. The number of aliphatic hydroxyl groups is 1. The Kier molecular flexibility index (Phi) is 5.40. The van der Waals surface area contributed by atoms with Gasteiger partial charge in [-0.1, -0.05) is 18.2 Å². The van der Waals surface area contributed by atoms with E-state index in [4.69, 9.17) is 4.74 Å². The van der Waals surface area contributed by atoms with Crippen LogP contribution in [0.4, 0.5) is 10.1 Å². The topological polar surface area (TPSA) is 82.6 Å². The van der Waals surface area contributed by atoms with Crippen molar-refractivity contribution in [2.75, 3.05) is 12.0 Å². The van der Waals surface area contributed by atoms with Crippen molar-refractivity contribution in [3.63, 3.8) is 0 Å². The van der Waals surface area contributed by atoms with Gasteiger partial charge < -0.3 is 14.8 Å². The molecule has 176 valence electrons. The van der Waals surface area contributed by atoms with Gasteiger partial charge in [0.25, 0.3) is 11.7 Å². The molecule has 35 heavy (non-hydrogen) atoms. The average Bonchev–Trinajstić information content (AvgIpc) is 3.32. The molecular formula is C28H23FN2O4. The number of aromatic nitrogens is 1. The van der Waals surface area contributed by atoms with Crippen molar-refractivity contribution < 1.29 is 23.8 Å². The van der Waals surface area contributed by atoms with Gasteiger partial charge in [-0.15, -0.1) is 0 Å². The van der Waals surface area contributed by atoms with E-state index in [0.29, 0.717) is 22.6 Å². The molecule has 1 amide bonds. The number of ketones is 1. The maximum atomic E-state index is 13.9. The molecule has 0 saturated carbocycles. The fourth-order valence-corrected chi connectivity index (χ4v) is 4.71. The highest BCUT2D eigenvalue weighted by Gasteiger charge is 2.48. The fourth-order valence-electron chi connectivity index (χ4n) is 4.71. The van der Waals surface area contributed by atoms with Gasteiger partial charge in [0.2, 0.25) is 0 Å². The van der Waals surface area contributed by atoms with Gasteiger partial charge in [0.05, 0.1) is 18.7 Å². The highest BCUT2D eigenvalue weighted by molar-refractivity contribution is 6.52. The molecule has 3 aromatic carbocycles. The lowest BCUT2D eigenvalue weighted by Gasteiger charge is -2.26. The van der Waals surface area contributed by atoms with Gasteiger partial charge in [-0.2, -0.15) is 0 Å². The number of Topliss-reactive ketones (excluding diaryl/α,β-unsaturated/α-hetero) is 1. The Bertz CT molecular complexity index is 1520. The molecule has 1 fully saturated rings. The molecular weight excluding hydrogens is 447 g/mol. The van der Waals surface area contributed by atoms with Crippen LogP contribution in [0.15, 0.2) is 72.3 Å². The molecule has 2 heterocycles. The lowest BCUT2D eigenvalue weighted by atomic mass is 9.93. The molecule has 1 aliphatic heterocycles. The second-order valence-electron chi connectivity index (χ2n) is 8.54. The van der Waals surface area contributed by atoms with Crippen molar-refractivity contribution in [1.82, 2.24) is 4.98 Å². The number of hydrogen-bond acceptors (Lipinski definition) is 4. The van der Waals surface area contributed by atoms with Gasteiger partial charge in [-0.25, -0.2) is 4.39 Å². The number of anilines is 1. The minimum Gasteiger partial charge on any atom is -0.507 e. The predicted octanol–water partition coefficient (Wildman–Crippen LogP) is 5.56. The van der Waals surface area contributed by atoms with Crippen LogP contribution in [0.2, 0.25) is 0 Å². The molecule has 0 bridgehead atoms. The van der Waals surface area contributed by atoms with Gasteiger partial charge in [0.15, 0.2) is 0 Å². The monoisotopic (exact) mass is 470 g/mol. The molecule has 0 radical (unpaired) electrons. The summed E-state index contributed by atoms with van der Waals surface area (Å²) in [6.07, 6.45) is 0. The lowest BCUT2D eigenvalue weighted by Crippen LogP contribution is -2.29. The number of aliphatic hydroxyl groups excluding tert-OH is 1. The zero-order valence-corrected chi connectivity index (χ0v) is 19.4. The Labute approximate surface area is 201 Å². The third kappa shape index (κ3) is 3.56. The van der Waals surface area contributed by atoms with Gasteiger partial charge in [-0.3, -0.25) is 14.5 Å². The highest BCUT2D eigenvalue weighted by atomic mass is 19.1. The van der Waals surface area contributed by atoms with Crippen LogP contribution in [0.25, 0.3) is 16.7 Å². The first kappa shape index (κ1) is 22.4. The minimum atomic E-state index is -0.898. The number of amides is 1. The maximum absolute atomic E-state index is 13.9. The molecule has 1 atom stereocenters. The zero-order valence-electron chi connectivity index (χ0n) is 19.4. The van der Waals surface area contributed by atoms with E-state index < -0.39 is 23.5 Å². The first-order chi connectivity index (χ1) is 16.8. The molecule has 0 aliphatic carbocycles. The summed E-state index contributed by atoms with van der Waals surface area (Å²) in [5.74, 6) is -1.74. The minimum absolute atomic E-state index is 0.0512. The number of rotatable bonds is 4. The Balaban J connectivity index is 1.80. The number of nitrogens with one attached hydrogen (secondary N) is 1. The van der Waals surface area contributed by atoms with Crippen LogP contribution >= 0.6 is 0 Å². The Hall–Kier alpha value is -4.39. The standard InChI is InChI=1S/C28H23FN2O4/c1-15-14-17(8-13-21(15)29)26(32)24-25(23-16(2)30-22-7-5-4-6-20(22)23)31(28(34)27(24)33)18-9-11-19(35-3)12-10-18/h4-14,25,30,32H,1-3H3/b26-24+. The van der Waals surface area contributed by atoms with E-state index in [1.54, 1.807) is 38.3 Å². The number of carbonyl (C=O) groups excluding carboxylic acids is 2. The van der Waals surface area contributed by atoms with E-state index >= 15 is 0 Å². The third-order valence-electron chi connectivity index (χ3n) is 6.44. The zero-order chi connectivity index (χ0) is 24.9. The number of hydrogen-bond donors (Lipinski definition) is 2. The van der Waals surface area contributed by atoms with Crippen LogP contribution in [0.1, 0.15) is 28.4 Å². The van der Waals surface area contributed by atoms with Crippen LogP contribution in [0, 0.1) is 19.7 Å². The number of halogens is 1. The number of methoxy groups -OCH3 is 1. The number of benzene rings is 3. The SMILES string of the molecule is COc1ccc(N2C(=O)C(=O)/C(=C(/O)c3ccc(F)c(C)c3)C2c2c(C)[nH]c3ccccc23)cc1. The summed E-state index contributed by atoms with van der Waals surface area (Å²) in [6, 6.07) is 17.6. The van der Waals surface area contributed by atoms with Crippen molar-refractivity contribution in [3.05, 3.63) is 101 Å². The Morgan fingerprint density at radius 2 is 1.74 bits per heavy atom. The second-order valence-corrected chi connectivity index (χ2v) is 8.54. The summed E-state index contributed by atoms with van der Waals surface area (Å²) >= 11 is 0. The normalized spacial score (nSPS) is 17.4. The summed E-state index contributed by atoms with van der Waals surface area (Å²) in [4.78, 5) is 31.5. The average molecular weight is 471 g/mol. The summed E-state index contributed by atoms with van der Waals surface area (Å²) < 4.78 is 19.1. The third-order valence-corrected chi connectivity index (χ3v) is 6.44. The largest absolute Gasteiger partial charge is 0.507 e. The fraction of sp³-hybridized carbons (Fsp3) is 0.143. The van der Waals surface area contributed by atoms with Crippen molar-refractivity contribution >= 4 is 34.0 Å². The van der Waals surface area contributed by atoms with Gasteiger partial charge >= 0.3 is 0 Å². The number of nitrogens with zero attached hydrogens (tertiary/aromatic N) is 1. The smallest absolute Gasteiger partial charge is 0.300 e. The highest BCUT2D eigenvalue weighted by Crippen LogP contribution is 2.45. The summed E-state index contributed by atoms with van der Waals surface area (Å²) in [5, 5.41) is 12.2. The molecule has 6 nitrogen and oxygen atoms in total. The number of carbonyl (C=O) groups is 2. The quantitative estimate of drug-likeness (QED) is 0.232. The van der Waals surface area contributed by atoms with Gasteiger partial charge in [0.1, 0.15) is 17.3 Å². The number of H-pyrrole nitrogens is 1. The molecule has 5 rings (SSSR count). The van der Waals surface area contributed by atoms with E-state index in [1.165, 1.54) is 23.1 Å². The summed E-state index contributed by atoms with van der Waals surface area (Å²) in [5.41, 5.74) is 3.32. The Morgan fingerprint density at radius 3 is 2.43 bits per heavy atom. The van der Waals surface area contributed by atoms with E-state index in [9.17, 15) is 19.1 Å². The van der Waals surface area contributed by atoms with Gasteiger partial charge in [-0.05, 0) is 67.9 Å². The maximum Gasteiger partial charge on any atom is 0.300 e. The van der Waals surface area contributed by atoms with Gasteiger partial charge in [0, 0.05) is 33.4 Å². The summed E-state index contributed by atoms with van der Waals surface area (Å²) in [7, 11) is 1.54. The van der Waals surface area contributed by atoms with Crippen molar-refractivity contribution in [1.29, 1.82) is 0 Å². The molecule has 1 aliphatic rings. The number of aryl methyl sites for hydroxylation is 2. The van der Waals surface area contributed by atoms with E-state index in [1.807, 2.05) is 31.2 Å². The van der Waals surface area contributed by atoms with Crippen molar-refractivity contribution in [3.8, 4) is 5.75 Å². The first-order valence-electron chi connectivity index (χ1n) is 11.1. The molecule has 2 N–H and O–H groups in total. The number of para-hydroxylation sites is 1. The van der Waals surface area contributed by atoms with Crippen LogP contribution < -0.4 is 9.64 Å². The number of aromatic amines is 1. The Morgan fingerprint density at radius 1 is 1.03 bits per heavy atom. The number of fused-ring (bicyclic) bond motifs is 1. The van der Waals surface area contributed by atoms with E-state index in [-0.39, 0.29) is 16.9 Å². The molecule has 1 saturated heterocycles. The lowest BCUT2D eigenvalue weighted by molar-refractivity contribution is -0.132. The van der Waals surface area contributed by atoms with E-state index in [0.717, 1.165) is 16.6 Å². The predicted molar refractivity (Wildman–Crippen MR) is 132 cm³/mol. The molecule has 1 unspecified atom stereocenters. The van der Waals surface area contributed by atoms with E-state index in [2.05, 4.69) is 4.98 Å². The molecule has 4 aromatic rings. The van der Waals surface area contributed by atoms with Crippen LogP contribution in [0.5, 0.6) is 5.75 Å². The van der Waals surface area contributed by atoms with Crippen LogP contribution in [-0.2, 0) is 9.59 Å². The van der Waals surface area contributed by atoms with Crippen molar-refractivity contribution in [2.45, 2.75) is 19.9 Å².